The Balaban J connectivity index is 1.33. The van der Waals surface area contributed by atoms with Gasteiger partial charge in [0.2, 0.25) is 0 Å². The molecule has 1 atom stereocenters. The van der Waals surface area contributed by atoms with Gasteiger partial charge >= 0.3 is 0 Å². The normalized spacial score (nSPS) is 13.7. The van der Waals surface area contributed by atoms with E-state index in [1.54, 1.807) is 30.3 Å². The third kappa shape index (κ3) is 6.32. The molecule has 0 aliphatic heterocycles. The molecule has 13 heteroatoms. The minimum atomic E-state index is -1.06. The molecule has 1 aliphatic carbocycles. The molecule has 47 heavy (non-hydrogen) atoms. The number of amides is 3. The van der Waals surface area contributed by atoms with Crippen molar-refractivity contribution in [2.24, 2.45) is 0 Å². The van der Waals surface area contributed by atoms with Crippen LogP contribution in [0.1, 0.15) is 83.3 Å². The van der Waals surface area contributed by atoms with Crippen LogP contribution < -0.4 is 16.0 Å². The van der Waals surface area contributed by atoms with Gasteiger partial charge in [0, 0.05) is 28.9 Å². The highest BCUT2D eigenvalue weighted by Crippen LogP contribution is 2.35. The van der Waals surface area contributed by atoms with E-state index in [4.69, 9.17) is 11.6 Å². The highest BCUT2D eigenvalue weighted by atomic mass is 35.5. The summed E-state index contributed by atoms with van der Waals surface area (Å²) in [6.07, 6.45) is 2.49. The van der Waals surface area contributed by atoms with E-state index in [9.17, 15) is 28.0 Å². The van der Waals surface area contributed by atoms with Crippen molar-refractivity contribution in [2.45, 2.75) is 39.3 Å². The Kier molecular flexibility index (Phi) is 8.52. The monoisotopic (exact) mass is 656 g/mol. The molecule has 1 aliphatic rings. The second-order valence-corrected chi connectivity index (χ2v) is 11.6. The molecular weight excluding hydrogens is 630 g/mol. The molecule has 0 spiro atoms. The molecule has 0 saturated carbocycles. The van der Waals surface area contributed by atoms with E-state index in [0.29, 0.717) is 34.7 Å². The second kappa shape index (κ2) is 12.7. The third-order valence-corrected chi connectivity index (χ3v) is 8.35. The van der Waals surface area contributed by atoms with Crippen molar-refractivity contribution < 1.29 is 28.0 Å². The molecule has 2 aromatic heterocycles. The van der Waals surface area contributed by atoms with Crippen LogP contribution in [-0.4, -0.2) is 38.1 Å². The number of benzene rings is 3. The van der Waals surface area contributed by atoms with Crippen molar-refractivity contribution in [3.8, 4) is 0 Å². The Morgan fingerprint density at radius 2 is 1.70 bits per heavy atom. The smallest absolute Gasteiger partial charge is 0.270 e. The number of Topliss-reactive ketones (excluding diaryl/α,β-unsaturated/α-hetero) is 1. The molecule has 0 saturated heterocycles. The number of halogens is 3. The highest BCUT2D eigenvalue weighted by Gasteiger charge is 2.29. The highest BCUT2D eigenvalue weighted by molar-refractivity contribution is 6.30. The van der Waals surface area contributed by atoms with E-state index < -0.39 is 29.4 Å². The van der Waals surface area contributed by atoms with Gasteiger partial charge in [0.25, 0.3) is 17.7 Å². The van der Waals surface area contributed by atoms with Crippen molar-refractivity contribution >= 4 is 46.4 Å². The molecule has 2 heterocycles. The topological polar surface area (TPSA) is 135 Å². The Bertz CT molecular complexity index is 2100. The quantitative estimate of drug-likeness (QED) is 0.182. The van der Waals surface area contributed by atoms with Gasteiger partial charge in [0.1, 0.15) is 17.0 Å². The first-order valence-electron chi connectivity index (χ1n) is 14.6. The maximum absolute atomic E-state index is 13.8. The van der Waals surface area contributed by atoms with Gasteiger partial charge in [0.15, 0.2) is 23.1 Å². The van der Waals surface area contributed by atoms with E-state index in [2.05, 4.69) is 26.0 Å². The van der Waals surface area contributed by atoms with Crippen molar-refractivity contribution in [2.75, 3.05) is 5.32 Å². The van der Waals surface area contributed by atoms with Crippen LogP contribution in [0.15, 0.2) is 66.9 Å². The van der Waals surface area contributed by atoms with E-state index in [1.807, 2.05) is 13.0 Å². The lowest BCUT2D eigenvalue weighted by atomic mass is 9.96. The molecule has 3 aromatic carbocycles. The maximum atomic E-state index is 13.8. The van der Waals surface area contributed by atoms with Crippen molar-refractivity contribution in [3.63, 3.8) is 0 Å². The van der Waals surface area contributed by atoms with E-state index in [1.165, 1.54) is 29.8 Å². The van der Waals surface area contributed by atoms with E-state index >= 15 is 0 Å². The zero-order valence-electron chi connectivity index (χ0n) is 25.2. The first kappa shape index (κ1) is 31.5. The second-order valence-electron chi connectivity index (χ2n) is 11.1. The van der Waals surface area contributed by atoms with Crippen LogP contribution in [0.25, 0.3) is 5.65 Å². The fourth-order valence-electron chi connectivity index (χ4n) is 5.70. The molecular formula is C34H27ClF2N6O4. The number of nitrogens with zero attached hydrogens (tertiary/aromatic N) is 3. The third-order valence-electron chi connectivity index (χ3n) is 8.10. The molecule has 0 unspecified atom stereocenters. The van der Waals surface area contributed by atoms with Gasteiger partial charge in [-0.05, 0) is 85.3 Å². The first-order valence-corrected chi connectivity index (χ1v) is 15.0. The van der Waals surface area contributed by atoms with Gasteiger partial charge in [-0.1, -0.05) is 29.8 Å². The molecule has 3 N–H and O–H groups in total. The van der Waals surface area contributed by atoms with E-state index in [0.717, 1.165) is 28.8 Å². The van der Waals surface area contributed by atoms with Crippen molar-refractivity contribution in [1.29, 1.82) is 0 Å². The largest absolute Gasteiger partial charge is 0.347 e. The predicted molar refractivity (Wildman–Crippen MR) is 170 cm³/mol. The number of rotatable bonds is 8. The number of carbonyl (C=O) groups is 4. The molecule has 3 amide bonds. The van der Waals surface area contributed by atoms with Crippen LogP contribution in [0, 0.1) is 18.6 Å². The zero-order chi connectivity index (χ0) is 33.4. The molecule has 0 radical (unpaired) electrons. The van der Waals surface area contributed by atoms with Crippen LogP contribution >= 0.6 is 11.6 Å². The van der Waals surface area contributed by atoms with Gasteiger partial charge in [-0.25, -0.2) is 18.3 Å². The van der Waals surface area contributed by atoms with Gasteiger partial charge < -0.3 is 16.0 Å². The lowest BCUT2D eigenvalue weighted by molar-refractivity contribution is 0.0926. The van der Waals surface area contributed by atoms with Crippen LogP contribution in [0.3, 0.4) is 0 Å². The number of ketones is 1. The summed E-state index contributed by atoms with van der Waals surface area (Å²) >= 11 is 5.95. The molecule has 10 nitrogen and oxygen atoms in total. The predicted octanol–water partition coefficient (Wildman–Crippen LogP) is 5.77. The van der Waals surface area contributed by atoms with Crippen LogP contribution in [0.5, 0.6) is 0 Å². The van der Waals surface area contributed by atoms with Crippen LogP contribution in [0.2, 0.25) is 5.02 Å². The van der Waals surface area contributed by atoms with Gasteiger partial charge in [-0.15, -0.1) is 0 Å². The minimum Gasteiger partial charge on any atom is -0.347 e. The first-order chi connectivity index (χ1) is 22.5. The van der Waals surface area contributed by atoms with Gasteiger partial charge in [0.05, 0.1) is 12.2 Å². The summed E-state index contributed by atoms with van der Waals surface area (Å²) in [5, 5.41) is 13.1. The lowest BCUT2D eigenvalue weighted by Crippen LogP contribution is -2.31. The van der Waals surface area contributed by atoms with Crippen molar-refractivity contribution in [1.82, 2.24) is 25.2 Å². The van der Waals surface area contributed by atoms with Crippen molar-refractivity contribution in [3.05, 3.63) is 128 Å². The lowest BCUT2D eigenvalue weighted by Gasteiger charge is -2.16. The Hall–Kier alpha value is -5.49. The summed E-state index contributed by atoms with van der Waals surface area (Å²) < 4.78 is 28.3. The number of hydrogen-bond donors (Lipinski definition) is 3. The zero-order valence-corrected chi connectivity index (χ0v) is 25.9. The Morgan fingerprint density at radius 1 is 0.936 bits per heavy atom. The standard InChI is InChI=1S/C34H27ClF2N6O4/c1-17-22(18(2)44)8-9-24-23(17)10-12-28(24)42-34(47)30-14-29(33(46)38-15-19-3-11-26(36)27(37)13-19)41-31-25(16-39-43(30)31)32(45)40-21-6-4-20(35)5-7-21/h3-9,11,13-14,16,28H,10,12,15H2,1-2H3,(H,38,46)(H,40,45)(H,42,47)/t28-/m0/s1. The maximum Gasteiger partial charge on any atom is 0.270 e. The summed E-state index contributed by atoms with van der Waals surface area (Å²) in [5.74, 6) is -4.02. The van der Waals surface area contributed by atoms with Crippen LogP contribution in [-0.2, 0) is 13.0 Å². The fourth-order valence-corrected chi connectivity index (χ4v) is 5.82. The molecule has 0 fully saturated rings. The van der Waals surface area contributed by atoms with E-state index in [-0.39, 0.29) is 41.0 Å². The number of aromatic nitrogens is 3. The number of hydrogen-bond acceptors (Lipinski definition) is 6. The SMILES string of the molecule is CC(=O)c1ccc2c(c1C)CC[C@@H]2NC(=O)c1cc(C(=O)NCc2ccc(F)c(F)c2)nc2c(C(=O)Nc3ccc(Cl)cc3)cnn12. The average Bonchev–Trinajstić information content (AvgIpc) is 3.67. The Labute approximate surface area is 272 Å². The van der Waals surface area contributed by atoms with Crippen LogP contribution in [0.4, 0.5) is 14.5 Å². The minimum absolute atomic E-state index is 0.0112. The van der Waals surface area contributed by atoms with Gasteiger partial charge in [-0.3, -0.25) is 19.2 Å². The molecule has 238 valence electrons. The van der Waals surface area contributed by atoms with Gasteiger partial charge in [-0.2, -0.15) is 5.10 Å². The number of carbonyl (C=O) groups excluding carboxylic acids is 4. The summed E-state index contributed by atoms with van der Waals surface area (Å²) in [6, 6.07) is 14.1. The molecule has 6 rings (SSSR count). The fraction of sp³-hybridized carbons (Fsp3) is 0.176. The summed E-state index contributed by atoms with van der Waals surface area (Å²) in [7, 11) is 0. The summed E-state index contributed by atoms with van der Waals surface area (Å²) in [4.78, 5) is 56.9. The molecule has 5 aromatic rings. The average molecular weight is 657 g/mol. The number of nitrogens with one attached hydrogen (secondary N) is 3. The summed E-state index contributed by atoms with van der Waals surface area (Å²) in [5.41, 5.74) is 3.79. The Morgan fingerprint density at radius 3 is 2.43 bits per heavy atom. The summed E-state index contributed by atoms with van der Waals surface area (Å²) in [6.45, 7) is 3.24. The number of anilines is 1. The molecule has 0 bridgehead atoms. The number of fused-ring (bicyclic) bond motifs is 2.